The van der Waals surface area contributed by atoms with Crippen molar-refractivity contribution in [2.24, 2.45) is 0 Å². The Labute approximate surface area is 443 Å². The molecule has 12 aromatic rings. The molecule has 0 radical (unpaired) electrons. The molecule has 0 atom stereocenters. The maximum absolute atomic E-state index is 4.84. The van der Waals surface area contributed by atoms with Crippen molar-refractivity contribution in [1.82, 2.24) is 29.5 Å². The van der Waals surface area contributed by atoms with E-state index >= 15 is 0 Å². The number of pyridine rings is 2. The Morgan fingerprint density at radius 1 is 0.338 bits per heavy atom. The van der Waals surface area contributed by atoms with E-state index in [1.807, 2.05) is 48.8 Å². The molecule has 0 aliphatic heterocycles. The van der Waals surface area contributed by atoms with Crippen LogP contribution in [0.5, 0.6) is 0 Å². The molecule has 4 aromatic heterocycles. The van der Waals surface area contributed by atoms with Crippen molar-refractivity contribution in [3.05, 3.63) is 268 Å². The van der Waals surface area contributed by atoms with Gasteiger partial charge in [-0.25, -0.2) is 15.0 Å². The summed E-state index contributed by atoms with van der Waals surface area (Å²) in [6, 6.07) is 93.7. The van der Waals surface area contributed by atoms with Crippen molar-refractivity contribution in [2.45, 2.75) is 0 Å². The molecule has 0 saturated heterocycles. The summed E-state index contributed by atoms with van der Waals surface area (Å²) in [5.41, 5.74) is 5.31. The third kappa shape index (κ3) is 8.30. The molecule has 0 spiro atoms. The van der Waals surface area contributed by atoms with Crippen molar-refractivity contribution in [1.29, 1.82) is 0 Å². The second-order valence-corrected chi connectivity index (χ2v) is 24.4. The zero-order chi connectivity index (χ0) is 46.0. The van der Waals surface area contributed by atoms with Crippen molar-refractivity contribution in [3.8, 4) is 28.5 Å². The van der Waals surface area contributed by atoms with Crippen LogP contribution in [0.2, 0.25) is 0 Å². The molecule has 0 unspecified atom stereocenters. The van der Waals surface area contributed by atoms with E-state index in [2.05, 4.69) is 216 Å². The topological polar surface area (TPSA) is 69.4 Å². The molecule has 342 valence electrons. The van der Waals surface area contributed by atoms with Crippen LogP contribution in [0.3, 0.4) is 0 Å². The fourth-order valence-corrected chi connectivity index (χ4v) is 19.3. The van der Waals surface area contributed by atoms with Gasteiger partial charge in [-0.2, -0.15) is 57.5 Å². The average molecular weight is 1210 g/mol. The summed E-state index contributed by atoms with van der Waals surface area (Å²) in [5.74, 6) is 0.484. The van der Waals surface area contributed by atoms with Gasteiger partial charge in [-0.1, -0.05) is 157 Å². The monoisotopic (exact) mass is 1210 g/mol. The van der Waals surface area contributed by atoms with Crippen LogP contribution in [-0.4, -0.2) is 45.6 Å². The van der Waals surface area contributed by atoms with Crippen LogP contribution in [0.25, 0.3) is 50.3 Å². The van der Waals surface area contributed by atoms with Gasteiger partial charge in [0.25, 0.3) is 0 Å². The second-order valence-electron chi connectivity index (χ2n) is 16.9. The quantitative estimate of drug-likeness (QED) is 0.0791. The molecule has 8 aromatic carbocycles. The number of aromatic nitrogens is 6. The smallest absolute Gasteiger partial charge is 0.328 e. The van der Waals surface area contributed by atoms with E-state index in [9.17, 15) is 0 Å². The first-order valence-electron chi connectivity index (χ1n) is 22.9. The molecule has 0 aliphatic rings. The first-order valence-corrected chi connectivity index (χ1v) is 26.9. The van der Waals surface area contributed by atoms with E-state index in [0.717, 1.165) is 65.1 Å². The van der Waals surface area contributed by atoms with Crippen molar-refractivity contribution >= 4 is 79.4 Å². The molecule has 71 heavy (non-hydrogen) atoms. The van der Waals surface area contributed by atoms with Crippen LogP contribution in [0.1, 0.15) is 0 Å². The normalized spacial score (nSPS) is 11.4. The van der Waals surface area contributed by atoms with Crippen LogP contribution in [0.4, 0.5) is 0 Å². The number of nitrogens with zero attached hydrogens (tertiary/aromatic N) is 6. The van der Waals surface area contributed by atoms with Crippen molar-refractivity contribution in [2.75, 3.05) is 0 Å². The van der Waals surface area contributed by atoms with Crippen molar-refractivity contribution in [3.63, 3.8) is 0 Å². The van der Waals surface area contributed by atoms with Gasteiger partial charge in [0, 0.05) is 12.4 Å². The van der Waals surface area contributed by atoms with E-state index in [-0.39, 0.29) is 41.5 Å². The van der Waals surface area contributed by atoms with Crippen LogP contribution < -0.4 is 41.5 Å². The molecule has 0 bridgehead atoms. The van der Waals surface area contributed by atoms with E-state index in [1.165, 1.54) is 20.7 Å². The predicted molar refractivity (Wildman–Crippen MR) is 283 cm³/mol. The maximum atomic E-state index is 4.84. The summed E-state index contributed by atoms with van der Waals surface area (Å²) in [4.78, 5) is 23.5. The van der Waals surface area contributed by atoms with E-state index in [4.69, 9.17) is 19.9 Å². The Morgan fingerprint density at radius 2 is 0.704 bits per heavy atom. The zero-order valence-electron chi connectivity index (χ0n) is 37.9. The summed E-state index contributed by atoms with van der Waals surface area (Å²) in [5, 5.41) is 11.2. The third-order valence-electron chi connectivity index (χ3n) is 13.2. The Kier molecular flexibility index (Phi) is 13.7. The van der Waals surface area contributed by atoms with Gasteiger partial charge in [0.2, 0.25) is 5.95 Å². The van der Waals surface area contributed by atoms with Gasteiger partial charge in [0.1, 0.15) is 28.8 Å². The third-order valence-corrected chi connectivity index (χ3v) is 22.4. The van der Waals surface area contributed by atoms with E-state index in [0.29, 0.717) is 5.95 Å². The predicted octanol–water partition coefficient (Wildman–Crippen LogP) is 7.04. The number of rotatable bonds is 11. The molecular formula is C61H40N6PdPtSi2. The van der Waals surface area contributed by atoms with Gasteiger partial charge in [-0.15, -0.1) is 70.0 Å². The Balaban J connectivity index is 0.00000291. The summed E-state index contributed by atoms with van der Waals surface area (Å²) >= 11 is 0. The maximum Gasteiger partial charge on any atom is 2.00 e. The van der Waals surface area contributed by atoms with Crippen molar-refractivity contribution < 1.29 is 41.5 Å². The SMILES string of the molecule is [Pd+2].[Pt+2].[c-]1c(-c2ccccn2)cccc1[Si](c1[c-]c2c(cc1)c1ccc([Si](c3[c-]c(-c4ccccn4)ccc3)(c3ccccc3)c3ccccc3)[c-]c1n2-c1ncncn1)(c1ccccc1)c1ccccc1. The Hall–Kier alpha value is -7.35. The fraction of sp³-hybridized carbons (Fsp3) is 0. The number of benzene rings is 8. The van der Waals surface area contributed by atoms with Crippen LogP contribution in [0, 0.1) is 24.3 Å². The molecule has 6 nitrogen and oxygen atoms in total. The molecular weight excluding hydrogens is 1170 g/mol. The van der Waals surface area contributed by atoms with E-state index in [1.54, 1.807) is 12.7 Å². The summed E-state index contributed by atoms with van der Waals surface area (Å²) in [7, 11) is -6.36. The van der Waals surface area contributed by atoms with Crippen LogP contribution in [-0.2, 0) is 41.5 Å². The molecule has 0 N–H and O–H groups in total. The standard InChI is InChI=1S/C61H40N6Si2.Pd.Pt/c1-5-21-47(22-6-1)68(48-23-7-2-8-24-48,51-29-17-19-45(39-51)57-31-13-15-37-63-57)53-33-35-55-56-36-34-54(42-60(56)67(59(55)41-53)61-65-43-62-44-66-61)69(49-25-9-3-10-26-49,50-27-11-4-12-28-50)52-30-18-20-46(40-52)58-32-14-16-38-64-58;;/h1-38,43-44H;;/q-4;2*+2. The molecule has 0 amide bonds. The first-order chi connectivity index (χ1) is 34.2. The van der Waals surface area contributed by atoms with Gasteiger partial charge in [0.15, 0.2) is 0 Å². The van der Waals surface area contributed by atoms with Gasteiger partial charge < -0.3 is 14.5 Å². The minimum atomic E-state index is -3.18. The van der Waals surface area contributed by atoms with Gasteiger partial charge in [-0.3, -0.25) is 0 Å². The average Bonchev–Trinajstić information content (AvgIpc) is 3.76. The second kappa shape index (κ2) is 20.6. The molecule has 4 heterocycles. The summed E-state index contributed by atoms with van der Waals surface area (Å²) < 4.78 is 2.13. The number of hydrogen-bond acceptors (Lipinski definition) is 5. The molecule has 10 heteroatoms. The van der Waals surface area contributed by atoms with Gasteiger partial charge >= 0.3 is 41.5 Å². The summed E-state index contributed by atoms with van der Waals surface area (Å²) in [6.45, 7) is 0. The number of fused-ring (bicyclic) bond motifs is 3. The Bertz CT molecular complexity index is 3420. The Morgan fingerprint density at radius 3 is 1.07 bits per heavy atom. The minimum Gasteiger partial charge on any atom is -0.328 e. The molecule has 0 aliphatic carbocycles. The zero-order valence-corrected chi connectivity index (χ0v) is 43.7. The first kappa shape index (κ1) is 47.3. The minimum absolute atomic E-state index is 0. The molecule has 12 rings (SSSR count). The van der Waals surface area contributed by atoms with Gasteiger partial charge in [-0.05, 0) is 44.3 Å². The molecule has 0 saturated carbocycles. The van der Waals surface area contributed by atoms with Gasteiger partial charge in [0.05, 0.1) is 0 Å². The van der Waals surface area contributed by atoms with E-state index < -0.39 is 16.1 Å². The number of hydrogen-bond donors (Lipinski definition) is 0. The van der Waals surface area contributed by atoms with Crippen LogP contribution >= 0.6 is 0 Å². The summed E-state index contributed by atoms with van der Waals surface area (Å²) in [6.07, 6.45) is 6.79. The largest absolute Gasteiger partial charge is 2.00 e. The molecule has 0 fully saturated rings. The van der Waals surface area contributed by atoms with Crippen LogP contribution in [0.15, 0.2) is 243 Å². The fourth-order valence-electron chi connectivity index (χ4n) is 10.2.